The summed E-state index contributed by atoms with van der Waals surface area (Å²) in [4.78, 5) is 38.4. The summed E-state index contributed by atoms with van der Waals surface area (Å²) in [6, 6.07) is 0. The summed E-state index contributed by atoms with van der Waals surface area (Å²) in [5.41, 5.74) is 0. The van der Waals surface area contributed by atoms with Gasteiger partial charge in [-0.05, 0) is 109 Å². The first-order valence-electron chi connectivity index (χ1n) is 34.4. The van der Waals surface area contributed by atoms with E-state index in [0.717, 1.165) is 96.3 Å². The Bertz CT molecular complexity index is 1450. The molecule has 79 heavy (non-hydrogen) atoms. The zero-order valence-corrected chi connectivity index (χ0v) is 52.6. The molecule has 0 saturated carbocycles. The highest BCUT2D eigenvalue weighted by molar-refractivity contribution is 5.71. The molecular formula is C73H130O6. The third kappa shape index (κ3) is 65.5. The van der Waals surface area contributed by atoms with E-state index in [-0.39, 0.29) is 31.1 Å². The minimum atomic E-state index is -0.783. The number of rotatable bonds is 63. The Morgan fingerprint density at radius 3 is 0.785 bits per heavy atom. The van der Waals surface area contributed by atoms with Gasteiger partial charge in [-0.3, -0.25) is 14.4 Å². The van der Waals surface area contributed by atoms with Gasteiger partial charge in [0.1, 0.15) is 13.2 Å². The van der Waals surface area contributed by atoms with Crippen LogP contribution in [0.2, 0.25) is 0 Å². The van der Waals surface area contributed by atoms with Crippen LogP contribution in [-0.2, 0) is 28.6 Å². The first kappa shape index (κ1) is 75.8. The Morgan fingerprint density at radius 2 is 0.494 bits per heavy atom. The van der Waals surface area contributed by atoms with E-state index in [4.69, 9.17) is 14.2 Å². The van der Waals surface area contributed by atoms with Crippen molar-refractivity contribution in [1.82, 2.24) is 0 Å². The van der Waals surface area contributed by atoms with Crippen LogP contribution in [0.5, 0.6) is 0 Å². The van der Waals surface area contributed by atoms with Crippen molar-refractivity contribution in [2.24, 2.45) is 0 Å². The number of allylic oxidation sites excluding steroid dienone is 12. The molecule has 6 heteroatoms. The van der Waals surface area contributed by atoms with Crippen LogP contribution in [0.15, 0.2) is 72.9 Å². The number of ether oxygens (including phenoxy) is 3. The maximum absolute atomic E-state index is 12.9. The van der Waals surface area contributed by atoms with Crippen LogP contribution < -0.4 is 0 Å². The Morgan fingerprint density at radius 1 is 0.266 bits per heavy atom. The summed E-state index contributed by atoms with van der Waals surface area (Å²) in [6.07, 6.45) is 87.8. The zero-order valence-electron chi connectivity index (χ0n) is 52.6. The molecule has 0 radical (unpaired) electrons. The van der Waals surface area contributed by atoms with Gasteiger partial charge in [-0.15, -0.1) is 0 Å². The summed E-state index contributed by atoms with van der Waals surface area (Å²) >= 11 is 0. The maximum atomic E-state index is 12.9. The molecule has 0 rings (SSSR count). The molecule has 1 atom stereocenters. The second-order valence-electron chi connectivity index (χ2n) is 23.1. The highest BCUT2D eigenvalue weighted by atomic mass is 16.6. The van der Waals surface area contributed by atoms with E-state index >= 15 is 0 Å². The molecule has 0 saturated heterocycles. The highest BCUT2D eigenvalue weighted by Gasteiger charge is 2.19. The molecule has 1 unspecified atom stereocenters. The van der Waals surface area contributed by atoms with Crippen LogP contribution in [0.25, 0.3) is 0 Å². The summed E-state index contributed by atoms with van der Waals surface area (Å²) < 4.78 is 17.0. The predicted octanol–water partition coefficient (Wildman–Crippen LogP) is 23.7. The van der Waals surface area contributed by atoms with E-state index in [0.29, 0.717) is 19.3 Å². The second-order valence-corrected chi connectivity index (χ2v) is 23.1. The Labute approximate surface area is 491 Å². The van der Waals surface area contributed by atoms with E-state index in [2.05, 4.69) is 93.7 Å². The fraction of sp³-hybridized carbons (Fsp3) is 0.795. The number of esters is 3. The van der Waals surface area contributed by atoms with Crippen molar-refractivity contribution < 1.29 is 28.6 Å². The SMILES string of the molecule is CC/C=C\C/C=C\C/C=C\C/C=C\CCCCCCCCCCCCCCCCCCC(=O)OCC(COC(=O)CCCCCCC/C=C\CCCCCCCCC)OC(=O)CCCCCCC/C=C\CCCCCCCCC. The molecule has 0 amide bonds. The average molecular weight is 1100 g/mol. The van der Waals surface area contributed by atoms with Crippen LogP contribution in [0, 0.1) is 0 Å². The van der Waals surface area contributed by atoms with Gasteiger partial charge in [0.15, 0.2) is 6.10 Å². The number of hydrogen-bond acceptors (Lipinski definition) is 6. The number of carbonyl (C=O) groups is 3. The third-order valence-electron chi connectivity index (χ3n) is 15.2. The number of unbranched alkanes of at least 4 members (excludes halogenated alkanes) is 40. The molecule has 6 nitrogen and oxygen atoms in total. The molecule has 0 bridgehead atoms. The lowest BCUT2D eigenvalue weighted by atomic mass is 10.0. The smallest absolute Gasteiger partial charge is 0.306 e. The van der Waals surface area contributed by atoms with Gasteiger partial charge in [0.2, 0.25) is 0 Å². The van der Waals surface area contributed by atoms with Crippen molar-refractivity contribution >= 4 is 17.9 Å². The molecule has 0 spiro atoms. The molecule has 0 fully saturated rings. The van der Waals surface area contributed by atoms with Crippen molar-refractivity contribution in [2.45, 2.75) is 361 Å². The first-order valence-corrected chi connectivity index (χ1v) is 34.4. The fourth-order valence-corrected chi connectivity index (χ4v) is 10.0. The number of carbonyl (C=O) groups excluding carboxylic acids is 3. The van der Waals surface area contributed by atoms with Crippen molar-refractivity contribution in [3.63, 3.8) is 0 Å². The molecular weight excluding hydrogens is 973 g/mol. The van der Waals surface area contributed by atoms with Gasteiger partial charge in [-0.25, -0.2) is 0 Å². The van der Waals surface area contributed by atoms with Crippen molar-refractivity contribution in [3.05, 3.63) is 72.9 Å². The molecule has 0 N–H and O–H groups in total. The summed E-state index contributed by atoms with van der Waals surface area (Å²) in [5.74, 6) is -0.875. The van der Waals surface area contributed by atoms with Gasteiger partial charge in [-0.2, -0.15) is 0 Å². The van der Waals surface area contributed by atoms with Crippen LogP contribution in [0.1, 0.15) is 355 Å². The predicted molar refractivity (Wildman–Crippen MR) is 344 cm³/mol. The van der Waals surface area contributed by atoms with E-state index < -0.39 is 6.10 Å². The van der Waals surface area contributed by atoms with Gasteiger partial charge in [-0.1, -0.05) is 299 Å². The summed E-state index contributed by atoms with van der Waals surface area (Å²) in [7, 11) is 0. The molecule has 0 aromatic carbocycles. The lowest BCUT2D eigenvalue weighted by Crippen LogP contribution is -2.30. The van der Waals surface area contributed by atoms with Gasteiger partial charge in [0, 0.05) is 19.3 Å². The fourth-order valence-electron chi connectivity index (χ4n) is 10.0. The van der Waals surface area contributed by atoms with E-state index in [1.165, 1.54) is 218 Å². The van der Waals surface area contributed by atoms with Crippen LogP contribution in [0.4, 0.5) is 0 Å². The molecule has 0 aromatic heterocycles. The number of hydrogen-bond donors (Lipinski definition) is 0. The normalized spacial score (nSPS) is 12.5. The monoisotopic (exact) mass is 1100 g/mol. The summed E-state index contributed by atoms with van der Waals surface area (Å²) in [5, 5.41) is 0. The van der Waals surface area contributed by atoms with Gasteiger partial charge in [0.05, 0.1) is 0 Å². The van der Waals surface area contributed by atoms with Crippen LogP contribution >= 0.6 is 0 Å². The standard InChI is InChI=1S/C73H130O6/c1-4-7-10-13-16-19-22-25-28-31-32-33-34-35-36-37-38-39-40-41-42-43-46-48-51-54-57-60-63-66-72(75)78-69-70(79-73(76)67-64-61-58-55-52-49-45-30-27-24-21-18-15-12-9-6-3)68-77-71(74)65-62-59-56-53-50-47-44-29-26-23-20-17-14-11-8-5-2/h7,10,16,19,25,28-30,32-33,44-45,70H,4-6,8-9,11-15,17-18,20-24,26-27,31,34-43,46-69H2,1-3H3/b10-7-,19-16-,28-25-,33-32-,44-29-,45-30-. The minimum Gasteiger partial charge on any atom is -0.462 e. The quantitative estimate of drug-likeness (QED) is 0.0261. The topological polar surface area (TPSA) is 78.9 Å². The van der Waals surface area contributed by atoms with Crippen molar-refractivity contribution in [3.8, 4) is 0 Å². The van der Waals surface area contributed by atoms with Gasteiger partial charge < -0.3 is 14.2 Å². The van der Waals surface area contributed by atoms with Gasteiger partial charge >= 0.3 is 17.9 Å². The maximum Gasteiger partial charge on any atom is 0.306 e. The van der Waals surface area contributed by atoms with E-state index in [1.807, 2.05) is 0 Å². The largest absolute Gasteiger partial charge is 0.462 e. The third-order valence-corrected chi connectivity index (χ3v) is 15.2. The average Bonchev–Trinajstić information content (AvgIpc) is 3.45. The molecule has 0 aliphatic heterocycles. The van der Waals surface area contributed by atoms with Crippen LogP contribution in [-0.4, -0.2) is 37.2 Å². The lowest BCUT2D eigenvalue weighted by molar-refractivity contribution is -0.167. The highest BCUT2D eigenvalue weighted by Crippen LogP contribution is 2.17. The van der Waals surface area contributed by atoms with Crippen LogP contribution in [0.3, 0.4) is 0 Å². The zero-order chi connectivity index (χ0) is 57.1. The molecule has 0 aromatic rings. The van der Waals surface area contributed by atoms with Gasteiger partial charge in [0.25, 0.3) is 0 Å². The minimum absolute atomic E-state index is 0.0778. The molecule has 0 aliphatic carbocycles. The molecule has 0 aliphatic rings. The van der Waals surface area contributed by atoms with Crippen molar-refractivity contribution in [1.29, 1.82) is 0 Å². The Hall–Kier alpha value is -3.15. The second kappa shape index (κ2) is 67.4. The van der Waals surface area contributed by atoms with E-state index in [1.54, 1.807) is 0 Å². The molecule has 458 valence electrons. The Balaban J connectivity index is 4.25. The van der Waals surface area contributed by atoms with E-state index in [9.17, 15) is 14.4 Å². The first-order chi connectivity index (χ1) is 39.0. The summed E-state index contributed by atoms with van der Waals surface area (Å²) in [6.45, 7) is 6.56. The Kier molecular flexibility index (Phi) is 64.7. The van der Waals surface area contributed by atoms with Crippen molar-refractivity contribution in [2.75, 3.05) is 13.2 Å². The lowest BCUT2D eigenvalue weighted by Gasteiger charge is -2.18. The molecule has 0 heterocycles.